The number of benzene rings is 2. The SMILES string of the molecule is COc1ccc(-n2nc(C)c(CCC(=O)NC[C@H]3CCCO3)c2Oc2ccc(F)cc2)cc1. The third-order valence-corrected chi connectivity index (χ3v) is 5.64. The van der Waals surface area contributed by atoms with E-state index in [1.165, 1.54) is 12.1 Å². The molecule has 0 radical (unpaired) electrons. The molecule has 1 N–H and O–H groups in total. The molecule has 1 atom stereocenters. The third kappa shape index (κ3) is 5.70. The van der Waals surface area contributed by atoms with Crippen LogP contribution < -0.4 is 14.8 Å². The second kappa shape index (κ2) is 10.5. The highest BCUT2D eigenvalue weighted by Crippen LogP contribution is 2.32. The molecule has 1 aromatic heterocycles. The molecule has 1 fully saturated rings. The first-order chi connectivity index (χ1) is 16.0. The van der Waals surface area contributed by atoms with Gasteiger partial charge in [-0.15, -0.1) is 0 Å². The lowest BCUT2D eigenvalue weighted by molar-refractivity contribution is -0.121. The van der Waals surface area contributed by atoms with Crippen LogP contribution in [0.15, 0.2) is 48.5 Å². The van der Waals surface area contributed by atoms with E-state index >= 15 is 0 Å². The predicted molar refractivity (Wildman–Crippen MR) is 122 cm³/mol. The standard InChI is InChI=1S/C25H28FN3O4/c1-17-23(13-14-24(30)27-16-22-4-3-15-32-22)25(33-21-9-5-18(26)6-10-21)29(28-17)19-7-11-20(31-2)12-8-19/h5-12,22H,3-4,13-16H2,1-2H3,(H,27,30)/t22-/m1/s1. The topological polar surface area (TPSA) is 74.6 Å². The Kier molecular flexibility index (Phi) is 7.24. The number of aromatic nitrogens is 2. The Balaban J connectivity index is 1.55. The van der Waals surface area contributed by atoms with Gasteiger partial charge < -0.3 is 19.5 Å². The number of rotatable bonds is 9. The number of nitrogens with zero attached hydrogens (tertiary/aromatic N) is 2. The van der Waals surface area contributed by atoms with E-state index in [0.717, 1.165) is 42.1 Å². The molecule has 1 saturated heterocycles. The molecule has 4 rings (SSSR count). The number of amides is 1. The predicted octanol–water partition coefficient (Wildman–Crippen LogP) is 4.35. The van der Waals surface area contributed by atoms with Crippen LogP contribution in [0.4, 0.5) is 4.39 Å². The van der Waals surface area contributed by atoms with Crippen LogP contribution in [0.1, 0.15) is 30.5 Å². The number of ether oxygens (including phenoxy) is 3. The highest BCUT2D eigenvalue weighted by Gasteiger charge is 2.21. The Labute approximate surface area is 192 Å². The number of nitrogens with one attached hydrogen (secondary N) is 1. The van der Waals surface area contributed by atoms with E-state index in [1.807, 2.05) is 31.2 Å². The van der Waals surface area contributed by atoms with Crippen LogP contribution in [-0.2, 0) is 16.0 Å². The summed E-state index contributed by atoms with van der Waals surface area (Å²) in [5.41, 5.74) is 2.36. The van der Waals surface area contributed by atoms with Crippen molar-refractivity contribution in [2.24, 2.45) is 0 Å². The summed E-state index contributed by atoms with van der Waals surface area (Å²) < 4.78 is 32.0. The van der Waals surface area contributed by atoms with E-state index in [9.17, 15) is 9.18 Å². The average molecular weight is 454 g/mol. The first-order valence-electron chi connectivity index (χ1n) is 11.1. The molecule has 33 heavy (non-hydrogen) atoms. The summed E-state index contributed by atoms with van der Waals surface area (Å²) in [5, 5.41) is 7.62. The second-order valence-corrected chi connectivity index (χ2v) is 7.97. The molecule has 0 aliphatic carbocycles. The Hall–Kier alpha value is -3.39. The van der Waals surface area contributed by atoms with Crippen molar-refractivity contribution in [3.05, 3.63) is 65.6 Å². The van der Waals surface area contributed by atoms with Crippen LogP contribution in [0.2, 0.25) is 0 Å². The molecule has 3 aromatic rings. The minimum absolute atomic E-state index is 0.0465. The third-order valence-electron chi connectivity index (χ3n) is 5.64. The molecule has 0 bridgehead atoms. The molecule has 2 heterocycles. The fourth-order valence-electron chi connectivity index (χ4n) is 3.80. The average Bonchev–Trinajstić information content (AvgIpc) is 3.46. The Bertz CT molecular complexity index is 1070. The van der Waals surface area contributed by atoms with Gasteiger partial charge >= 0.3 is 0 Å². The summed E-state index contributed by atoms with van der Waals surface area (Å²) >= 11 is 0. The Morgan fingerprint density at radius 3 is 2.58 bits per heavy atom. The Morgan fingerprint density at radius 2 is 1.91 bits per heavy atom. The highest BCUT2D eigenvalue weighted by molar-refractivity contribution is 5.76. The summed E-state index contributed by atoms with van der Waals surface area (Å²) in [7, 11) is 1.61. The van der Waals surface area contributed by atoms with E-state index in [0.29, 0.717) is 31.0 Å². The first kappa shape index (κ1) is 22.8. The maximum absolute atomic E-state index is 13.4. The van der Waals surface area contributed by atoms with Gasteiger partial charge in [0.15, 0.2) is 0 Å². The van der Waals surface area contributed by atoms with Gasteiger partial charge in [-0.2, -0.15) is 5.10 Å². The van der Waals surface area contributed by atoms with Crippen LogP contribution in [-0.4, -0.2) is 42.1 Å². The first-order valence-corrected chi connectivity index (χ1v) is 11.1. The summed E-state index contributed by atoms with van der Waals surface area (Å²) in [6.45, 7) is 3.17. The van der Waals surface area contributed by atoms with Crippen LogP contribution in [0.25, 0.3) is 5.69 Å². The number of methoxy groups -OCH3 is 1. The van der Waals surface area contributed by atoms with E-state index in [4.69, 9.17) is 14.2 Å². The molecule has 8 heteroatoms. The number of halogens is 1. The van der Waals surface area contributed by atoms with Gasteiger partial charge in [-0.25, -0.2) is 9.07 Å². The molecule has 0 unspecified atom stereocenters. The zero-order valence-corrected chi connectivity index (χ0v) is 18.8. The lowest BCUT2D eigenvalue weighted by atomic mass is 10.1. The van der Waals surface area contributed by atoms with E-state index in [2.05, 4.69) is 10.4 Å². The minimum atomic E-state index is -0.342. The fourth-order valence-corrected chi connectivity index (χ4v) is 3.80. The number of hydrogen-bond donors (Lipinski definition) is 1. The van der Waals surface area contributed by atoms with Crippen molar-refractivity contribution in [2.45, 2.75) is 38.7 Å². The molecule has 174 valence electrons. The van der Waals surface area contributed by atoms with Gasteiger partial charge in [0.25, 0.3) is 0 Å². The molecular weight excluding hydrogens is 425 g/mol. The molecular formula is C25H28FN3O4. The number of carbonyl (C=O) groups is 1. The van der Waals surface area contributed by atoms with E-state index in [-0.39, 0.29) is 17.8 Å². The second-order valence-electron chi connectivity index (χ2n) is 7.97. The lowest BCUT2D eigenvalue weighted by Crippen LogP contribution is -2.31. The molecule has 0 spiro atoms. The molecule has 1 amide bonds. The molecule has 0 saturated carbocycles. The number of hydrogen-bond acceptors (Lipinski definition) is 5. The van der Waals surface area contributed by atoms with Gasteiger partial charge in [0.1, 0.15) is 17.3 Å². The molecule has 7 nitrogen and oxygen atoms in total. The van der Waals surface area contributed by atoms with Crippen molar-refractivity contribution >= 4 is 5.91 Å². The maximum Gasteiger partial charge on any atom is 0.226 e. The van der Waals surface area contributed by atoms with Crippen LogP contribution in [0.5, 0.6) is 17.4 Å². The Morgan fingerprint density at radius 1 is 1.18 bits per heavy atom. The monoisotopic (exact) mass is 453 g/mol. The zero-order chi connectivity index (χ0) is 23.2. The van der Waals surface area contributed by atoms with Crippen LogP contribution in [0.3, 0.4) is 0 Å². The lowest BCUT2D eigenvalue weighted by Gasteiger charge is -2.13. The number of carbonyl (C=O) groups excluding carboxylic acids is 1. The van der Waals surface area contributed by atoms with Gasteiger partial charge in [0, 0.05) is 25.1 Å². The largest absolute Gasteiger partial charge is 0.497 e. The zero-order valence-electron chi connectivity index (χ0n) is 18.8. The normalized spacial score (nSPS) is 15.4. The maximum atomic E-state index is 13.4. The quantitative estimate of drug-likeness (QED) is 0.522. The molecule has 2 aromatic carbocycles. The van der Waals surface area contributed by atoms with Crippen molar-refractivity contribution in [3.8, 4) is 23.1 Å². The van der Waals surface area contributed by atoms with E-state index < -0.39 is 0 Å². The highest BCUT2D eigenvalue weighted by atomic mass is 19.1. The van der Waals surface area contributed by atoms with Gasteiger partial charge in [-0.05, 0) is 74.7 Å². The molecule has 1 aliphatic heterocycles. The summed E-state index contributed by atoms with van der Waals surface area (Å²) in [6, 6.07) is 13.2. The van der Waals surface area contributed by atoms with Gasteiger partial charge in [-0.1, -0.05) is 0 Å². The van der Waals surface area contributed by atoms with Crippen molar-refractivity contribution in [2.75, 3.05) is 20.3 Å². The van der Waals surface area contributed by atoms with Crippen molar-refractivity contribution in [1.29, 1.82) is 0 Å². The van der Waals surface area contributed by atoms with Gasteiger partial charge in [-0.3, -0.25) is 4.79 Å². The van der Waals surface area contributed by atoms with Gasteiger partial charge in [0.2, 0.25) is 11.8 Å². The van der Waals surface area contributed by atoms with Crippen molar-refractivity contribution in [1.82, 2.24) is 15.1 Å². The van der Waals surface area contributed by atoms with Crippen molar-refractivity contribution in [3.63, 3.8) is 0 Å². The van der Waals surface area contributed by atoms with E-state index in [1.54, 1.807) is 23.9 Å². The molecule has 1 aliphatic rings. The van der Waals surface area contributed by atoms with Crippen molar-refractivity contribution < 1.29 is 23.4 Å². The number of aryl methyl sites for hydroxylation is 1. The fraction of sp³-hybridized carbons (Fsp3) is 0.360. The smallest absolute Gasteiger partial charge is 0.226 e. The summed E-state index contributed by atoms with van der Waals surface area (Å²) in [4.78, 5) is 12.4. The van der Waals surface area contributed by atoms with Crippen LogP contribution >= 0.6 is 0 Å². The van der Waals surface area contributed by atoms with Crippen LogP contribution in [0, 0.1) is 12.7 Å². The minimum Gasteiger partial charge on any atom is -0.497 e. The van der Waals surface area contributed by atoms with Gasteiger partial charge in [0.05, 0.1) is 24.6 Å². The summed E-state index contributed by atoms with van der Waals surface area (Å²) in [5.74, 6) is 1.32. The summed E-state index contributed by atoms with van der Waals surface area (Å²) in [6.07, 6.45) is 2.86.